The number of carbonyl (C=O) groups excluding carboxylic acids is 3. The van der Waals surface area contributed by atoms with Crippen molar-refractivity contribution in [3.63, 3.8) is 0 Å². The van der Waals surface area contributed by atoms with Gasteiger partial charge in [-0.25, -0.2) is 0 Å². The lowest BCUT2D eigenvalue weighted by molar-refractivity contribution is -0.120. The average Bonchev–Trinajstić information content (AvgIpc) is 2.98. The summed E-state index contributed by atoms with van der Waals surface area (Å²) in [6.45, 7) is 0. The van der Waals surface area contributed by atoms with Gasteiger partial charge in [0.05, 0.1) is 17.0 Å². The van der Waals surface area contributed by atoms with E-state index in [0.717, 1.165) is 36.3 Å². The van der Waals surface area contributed by atoms with E-state index in [0.29, 0.717) is 11.1 Å². The lowest BCUT2D eigenvalue weighted by Gasteiger charge is -2.20. The van der Waals surface area contributed by atoms with Crippen molar-refractivity contribution in [2.45, 2.75) is 37.0 Å². The van der Waals surface area contributed by atoms with Gasteiger partial charge in [-0.05, 0) is 49.2 Å². The highest BCUT2D eigenvalue weighted by Crippen LogP contribution is 2.28. The summed E-state index contributed by atoms with van der Waals surface area (Å²) in [5.74, 6) is -0.00295. The molecule has 1 aliphatic carbocycles. The van der Waals surface area contributed by atoms with Crippen LogP contribution in [-0.4, -0.2) is 28.5 Å². The zero-order valence-electron chi connectivity index (χ0n) is 15.5. The van der Waals surface area contributed by atoms with Gasteiger partial charge in [-0.1, -0.05) is 31.4 Å². The van der Waals surface area contributed by atoms with E-state index >= 15 is 0 Å². The first kappa shape index (κ1) is 18.7. The third-order valence-electron chi connectivity index (χ3n) is 5.34. The molecule has 3 amide bonds. The van der Waals surface area contributed by atoms with Crippen LogP contribution in [0.15, 0.2) is 53.4 Å². The fourth-order valence-corrected chi connectivity index (χ4v) is 4.58. The number of benzene rings is 2. The lowest BCUT2D eigenvalue weighted by Crippen LogP contribution is -2.29. The van der Waals surface area contributed by atoms with Crippen molar-refractivity contribution in [3.05, 3.63) is 59.7 Å². The molecule has 1 heterocycles. The van der Waals surface area contributed by atoms with E-state index < -0.39 is 0 Å². The quantitative estimate of drug-likeness (QED) is 0.597. The summed E-state index contributed by atoms with van der Waals surface area (Å²) in [4.78, 5) is 39.3. The van der Waals surface area contributed by atoms with Crippen LogP contribution in [0.3, 0.4) is 0 Å². The number of fused-ring (bicyclic) bond motifs is 1. The monoisotopic (exact) mass is 394 g/mol. The predicted molar refractivity (Wildman–Crippen MR) is 109 cm³/mol. The Bertz CT molecular complexity index is 869. The number of hydrogen-bond acceptors (Lipinski definition) is 4. The van der Waals surface area contributed by atoms with Crippen LogP contribution in [0.4, 0.5) is 5.69 Å². The summed E-state index contributed by atoms with van der Waals surface area (Å²) in [5.41, 5.74) is 1.71. The summed E-state index contributed by atoms with van der Waals surface area (Å²) >= 11 is 1.42. The maximum atomic E-state index is 12.4. The van der Waals surface area contributed by atoms with Crippen LogP contribution in [0.2, 0.25) is 0 Å². The van der Waals surface area contributed by atoms with Gasteiger partial charge in [0.1, 0.15) is 0 Å². The highest BCUT2D eigenvalue weighted by Gasteiger charge is 2.34. The van der Waals surface area contributed by atoms with Gasteiger partial charge < -0.3 is 5.32 Å². The number of rotatable bonds is 5. The lowest BCUT2D eigenvalue weighted by atomic mass is 9.88. The summed E-state index contributed by atoms with van der Waals surface area (Å²) in [6.07, 6.45) is 5.43. The molecule has 1 aliphatic heterocycles. The van der Waals surface area contributed by atoms with Crippen LogP contribution in [0.25, 0.3) is 0 Å². The molecule has 1 N–H and O–H groups in total. The van der Waals surface area contributed by atoms with Crippen molar-refractivity contribution in [1.82, 2.24) is 4.90 Å². The fourth-order valence-electron chi connectivity index (χ4n) is 3.74. The molecule has 0 unspecified atom stereocenters. The van der Waals surface area contributed by atoms with Crippen molar-refractivity contribution < 1.29 is 14.4 Å². The smallest absolute Gasteiger partial charge is 0.262 e. The van der Waals surface area contributed by atoms with Gasteiger partial charge in [-0.2, -0.15) is 0 Å². The Hall–Kier alpha value is -2.60. The summed E-state index contributed by atoms with van der Waals surface area (Å²) in [6, 6.07) is 14.4. The molecule has 6 heteroatoms. The Morgan fingerprint density at radius 3 is 2.14 bits per heavy atom. The van der Waals surface area contributed by atoms with Gasteiger partial charge in [-0.3, -0.25) is 19.3 Å². The van der Waals surface area contributed by atoms with Gasteiger partial charge in [0, 0.05) is 16.5 Å². The van der Waals surface area contributed by atoms with Gasteiger partial charge in [0.15, 0.2) is 0 Å². The van der Waals surface area contributed by atoms with Crippen LogP contribution < -0.4 is 5.32 Å². The van der Waals surface area contributed by atoms with E-state index in [9.17, 15) is 14.4 Å². The molecule has 0 spiro atoms. The maximum Gasteiger partial charge on any atom is 0.262 e. The van der Waals surface area contributed by atoms with Crippen LogP contribution in [0.1, 0.15) is 52.8 Å². The molecule has 5 nitrogen and oxygen atoms in total. The largest absolute Gasteiger partial charge is 0.326 e. The number of nitrogens with zero attached hydrogens (tertiary/aromatic N) is 1. The van der Waals surface area contributed by atoms with E-state index in [2.05, 4.69) is 5.32 Å². The summed E-state index contributed by atoms with van der Waals surface area (Å²) in [7, 11) is 0. The molecule has 1 fully saturated rings. The minimum absolute atomic E-state index is 0.103. The standard InChI is InChI=1S/C22H22N2O3S/c25-20(15-6-2-1-3-7-15)23-16-10-12-17(13-11-16)28-14-24-21(26)18-8-4-5-9-19(18)22(24)27/h4-5,8-13,15H,1-3,6-7,14H2,(H,23,25). The Morgan fingerprint density at radius 1 is 0.929 bits per heavy atom. The van der Waals surface area contributed by atoms with E-state index in [1.54, 1.807) is 24.3 Å². The number of nitrogens with one attached hydrogen (secondary N) is 1. The second-order valence-corrected chi connectivity index (χ2v) is 8.22. The number of imide groups is 1. The molecular formula is C22H22N2O3S. The topological polar surface area (TPSA) is 66.5 Å². The third-order valence-corrected chi connectivity index (χ3v) is 6.33. The Kier molecular flexibility index (Phi) is 5.48. The molecule has 0 saturated heterocycles. The first-order valence-corrected chi connectivity index (χ1v) is 10.6. The molecule has 0 aromatic heterocycles. The molecule has 2 aromatic carbocycles. The molecule has 4 rings (SSSR count). The highest BCUT2D eigenvalue weighted by atomic mass is 32.2. The van der Waals surface area contributed by atoms with E-state index in [4.69, 9.17) is 0 Å². The van der Waals surface area contributed by atoms with E-state index in [1.807, 2.05) is 24.3 Å². The summed E-state index contributed by atoms with van der Waals surface area (Å²) < 4.78 is 0. The minimum Gasteiger partial charge on any atom is -0.326 e. The van der Waals surface area contributed by atoms with Gasteiger partial charge in [0.25, 0.3) is 11.8 Å². The zero-order valence-corrected chi connectivity index (χ0v) is 16.3. The molecule has 0 atom stereocenters. The Balaban J connectivity index is 1.33. The van der Waals surface area contributed by atoms with Gasteiger partial charge >= 0.3 is 0 Å². The number of carbonyl (C=O) groups is 3. The second kappa shape index (κ2) is 8.19. The molecule has 2 aromatic rings. The van der Waals surface area contributed by atoms with Crippen LogP contribution >= 0.6 is 11.8 Å². The molecule has 144 valence electrons. The third kappa shape index (κ3) is 3.83. The van der Waals surface area contributed by atoms with E-state index in [-0.39, 0.29) is 29.5 Å². The van der Waals surface area contributed by atoms with Crippen LogP contribution in [0, 0.1) is 5.92 Å². The van der Waals surface area contributed by atoms with Crippen molar-refractivity contribution >= 4 is 35.2 Å². The van der Waals surface area contributed by atoms with Crippen molar-refractivity contribution in [1.29, 1.82) is 0 Å². The molecular weight excluding hydrogens is 372 g/mol. The fraction of sp³-hybridized carbons (Fsp3) is 0.318. The number of amides is 3. The molecule has 28 heavy (non-hydrogen) atoms. The first-order valence-electron chi connectivity index (χ1n) is 9.62. The van der Waals surface area contributed by atoms with Crippen LogP contribution in [0.5, 0.6) is 0 Å². The van der Waals surface area contributed by atoms with Gasteiger partial charge in [0.2, 0.25) is 5.91 Å². The van der Waals surface area contributed by atoms with Gasteiger partial charge in [-0.15, -0.1) is 11.8 Å². The molecule has 0 radical (unpaired) electrons. The molecule has 2 aliphatic rings. The maximum absolute atomic E-state index is 12.4. The predicted octanol–water partition coefficient (Wildman–Crippen LogP) is 4.55. The number of anilines is 1. The minimum atomic E-state index is -0.246. The zero-order chi connectivity index (χ0) is 19.5. The Morgan fingerprint density at radius 2 is 1.54 bits per heavy atom. The van der Waals surface area contributed by atoms with Crippen molar-refractivity contribution in [2.24, 2.45) is 5.92 Å². The normalized spacial score (nSPS) is 16.9. The molecule has 0 bridgehead atoms. The summed E-state index contributed by atoms with van der Waals surface area (Å²) in [5, 5.41) is 3.00. The van der Waals surface area contributed by atoms with Crippen molar-refractivity contribution in [3.8, 4) is 0 Å². The van der Waals surface area contributed by atoms with E-state index in [1.165, 1.54) is 23.1 Å². The molecule has 1 saturated carbocycles. The SMILES string of the molecule is O=C(Nc1ccc(SCN2C(=O)c3ccccc3C2=O)cc1)C1CCCCC1. The Labute approximate surface area is 168 Å². The highest BCUT2D eigenvalue weighted by molar-refractivity contribution is 7.99. The first-order chi connectivity index (χ1) is 13.6. The van der Waals surface area contributed by atoms with Crippen LogP contribution in [-0.2, 0) is 4.79 Å². The second-order valence-electron chi connectivity index (χ2n) is 7.21. The average molecular weight is 394 g/mol. The van der Waals surface area contributed by atoms with Crippen molar-refractivity contribution in [2.75, 3.05) is 11.2 Å². The number of thioether (sulfide) groups is 1. The number of hydrogen-bond donors (Lipinski definition) is 1.